The molecule has 19 heteroatoms. The Labute approximate surface area is 313 Å². The molecule has 3 aliphatic rings. The molecule has 2 aromatic heterocycles. The van der Waals surface area contributed by atoms with E-state index in [1.165, 1.54) is 12.8 Å². The molecule has 2 aliphatic heterocycles. The Kier molecular flexibility index (Phi) is 21.4. The number of hydrogen-bond donors (Lipinski definition) is 0. The number of carbonyl (C=O) groups excluding carboxylic acids is 1. The van der Waals surface area contributed by atoms with Gasteiger partial charge in [0.15, 0.2) is 26.0 Å². The van der Waals surface area contributed by atoms with Crippen LogP contribution in [0.4, 0.5) is 35.1 Å². The summed E-state index contributed by atoms with van der Waals surface area (Å²) in [6.07, 6.45) is 9.50. The normalized spacial score (nSPS) is 18.4. The van der Waals surface area contributed by atoms with Crippen LogP contribution in [0, 0.1) is 22.3 Å². The van der Waals surface area contributed by atoms with Crippen molar-refractivity contribution in [2.24, 2.45) is 0 Å². The Morgan fingerprint density at radius 1 is 0.774 bits per heavy atom. The second-order valence-electron chi connectivity index (χ2n) is 13.6. The van der Waals surface area contributed by atoms with Crippen LogP contribution < -0.4 is 0 Å². The minimum Gasteiger partial charge on any atom is -0.381 e. The second-order valence-corrected chi connectivity index (χ2v) is 18.3. The van der Waals surface area contributed by atoms with Gasteiger partial charge in [0, 0.05) is 102 Å². The molecule has 1 atom stereocenters. The monoisotopic (exact) mass is 801 g/mol. The van der Waals surface area contributed by atoms with Crippen molar-refractivity contribution < 1.29 is 44.7 Å². The molecule has 53 heavy (non-hydrogen) atoms. The van der Waals surface area contributed by atoms with Crippen molar-refractivity contribution in [2.45, 2.75) is 121 Å². The van der Waals surface area contributed by atoms with Gasteiger partial charge in [-0.1, -0.05) is 26.1 Å². The molecule has 0 radical (unpaired) electrons. The van der Waals surface area contributed by atoms with E-state index in [1.54, 1.807) is 4.90 Å². The summed E-state index contributed by atoms with van der Waals surface area (Å²) in [5, 5.41) is 17.4. The fourth-order valence-corrected chi connectivity index (χ4v) is 4.39. The maximum Gasteiger partial charge on any atom is 0.303 e. The van der Waals surface area contributed by atoms with Crippen molar-refractivity contribution >= 4 is 26.8 Å². The van der Waals surface area contributed by atoms with E-state index in [0.717, 1.165) is 44.4 Å². The maximum absolute atomic E-state index is 13.1. The number of alkyl halides is 8. The second kappa shape index (κ2) is 22.8. The SMILES string of the molecule is C1CCOC1.CC(F)(F)c1ncc(C(C#N)N2CCC(F)(F)CC2)cn1.CC(F)(F)c1ncc(C=O)cn1.C[Si](C)(C)C#N.Cl.FC1(F)CCCCC1. The van der Waals surface area contributed by atoms with E-state index in [9.17, 15) is 45.2 Å². The number of carbonyl (C=O) groups is 1. The zero-order chi connectivity index (χ0) is 39.6. The smallest absolute Gasteiger partial charge is 0.303 e. The summed E-state index contributed by atoms with van der Waals surface area (Å²) in [6.45, 7) is 9.57. The fourth-order valence-electron chi connectivity index (χ4n) is 4.39. The van der Waals surface area contributed by atoms with Gasteiger partial charge in [-0.15, -0.1) is 12.4 Å². The van der Waals surface area contributed by atoms with Crippen molar-refractivity contribution in [2.75, 3.05) is 26.3 Å². The first-order valence-electron chi connectivity index (χ1n) is 16.8. The molecule has 5 rings (SSSR count). The minimum absolute atomic E-state index is 0. The molecule has 3 fully saturated rings. The van der Waals surface area contributed by atoms with Crippen LogP contribution in [0.3, 0.4) is 0 Å². The molecule has 1 unspecified atom stereocenters. The van der Waals surface area contributed by atoms with Crippen LogP contribution in [-0.2, 0) is 16.6 Å². The van der Waals surface area contributed by atoms with Gasteiger partial charge in [0.2, 0.25) is 5.92 Å². The molecule has 2 saturated heterocycles. The number of piperidine rings is 1. The van der Waals surface area contributed by atoms with E-state index < -0.39 is 49.5 Å². The molecule has 0 amide bonds. The number of hydrogen-bond acceptors (Lipinski definition) is 9. The van der Waals surface area contributed by atoms with E-state index in [2.05, 4.69) is 25.6 Å². The molecule has 0 aromatic carbocycles. The van der Waals surface area contributed by atoms with Gasteiger partial charge in [0.1, 0.15) is 6.04 Å². The third-order valence-electron chi connectivity index (χ3n) is 7.35. The fraction of sp³-hybridized carbons (Fsp3) is 0.676. The van der Waals surface area contributed by atoms with Crippen LogP contribution in [0.5, 0.6) is 0 Å². The molecule has 2 aromatic rings. The van der Waals surface area contributed by atoms with E-state index in [-0.39, 0.29) is 56.7 Å². The summed E-state index contributed by atoms with van der Waals surface area (Å²) >= 11 is 0. The first kappa shape index (κ1) is 49.7. The van der Waals surface area contributed by atoms with Crippen LogP contribution in [0.2, 0.25) is 19.6 Å². The van der Waals surface area contributed by atoms with Crippen molar-refractivity contribution in [3.05, 3.63) is 47.6 Å². The number of halogens is 9. The maximum atomic E-state index is 13.1. The molecule has 0 bridgehead atoms. The van der Waals surface area contributed by atoms with Gasteiger partial charge >= 0.3 is 11.8 Å². The highest BCUT2D eigenvalue weighted by molar-refractivity contribution is 6.83. The van der Waals surface area contributed by atoms with Gasteiger partial charge in [0.05, 0.1) is 11.6 Å². The van der Waals surface area contributed by atoms with Crippen LogP contribution in [0.25, 0.3) is 0 Å². The van der Waals surface area contributed by atoms with Crippen molar-refractivity contribution in [1.82, 2.24) is 24.8 Å². The van der Waals surface area contributed by atoms with Crippen molar-refractivity contribution in [3.63, 3.8) is 0 Å². The Hall–Kier alpha value is -3.32. The molecule has 0 spiro atoms. The van der Waals surface area contributed by atoms with E-state index >= 15 is 0 Å². The van der Waals surface area contributed by atoms with Crippen LogP contribution >= 0.6 is 12.4 Å². The molecule has 0 N–H and O–H groups in total. The number of rotatable bonds is 5. The summed E-state index contributed by atoms with van der Waals surface area (Å²) in [6, 6.07) is 1.18. The number of nitriles is 2. The summed E-state index contributed by atoms with van der Waals surface area (Å²) in [7, 11) is -1.33. The lowest BCUT2D eigenvalue weighted by atomic mass is 9.97. The van der Waals surface area contributed by atoms with Crippen LogP contribution in [-0.4, -0.2) is 77.3 Å². The molecule has 4 heterocycles. The lowest BCUT2D eigenvalue weighted by Gasteiger charge is -2.34. The number of aldehydes is 1. The predicted octanol–water partition coefficient (Wildman–Crippen LogP) is 9.48. The predicted molar refractivity (Wildman–Crippen MR) is 187 cm³/mol. The summed E-state index contributed by atoms with van der Waals surface area (Å²) in [5.41, 5.74) is 2.76. The molecule has 298 valence electrons. The Bertz CT molecular complexity index is 1400. The number of likely N-dealkylation sites (tertiary alicyclic amines) is 1. The van der Waals surface area contributed by atoms with Crippen LogP contribution in [0.1, 0.15) is 105 Å². The van der Waals surface area contributed by atoms with Gasteiger partial charge in [-0.25, -0.2) is 42.8 Å². The summed E-state index contributed by atoms with van der Waals surface area (Å²) < 4.78 is 107. The highest BCUT2D eigenvalue weighted by Gasteiger charge is 2.37. The first-order valence-corrected chi connectivity index (χ1v) is 20.3. The molecule has 1 saturated carbocycles. The minimum atomic E-state index is -3.16. The number of aromatic nitrogens is 4. The van der Waals surface area contributed by atoms with Crippen molar-refractivity contribution in [3.8, 4) is 11.8 Å². The van der Waals surface area contributed by atoms with Crippen LogP contribution in [0.15, 0.2) is 24.8 Å². The quantitative estimate of drug-likeness (QED) is 0.165. The largest absolute Gasteiger partial charge is 0.381 e. The molecular weight excluding hydrogens is 754 g/mol. The Morgan fingerprint density at radius 3 is 1.45 bits per heavy atom. The third kappa shape index (κ3) is 21.2. The van der Waals surface area contributed by atoms with E-state index in [4.69, 9.17) is 10.00 Å². The average Bonchev–Trinajstić information content (AvgIpc) is 3.67. The molecule has 9 nitrogen and oxygen atoms in total. The summed E-state index contributed by atoms with van der Waals surface area (Å²) in [4.78, 5) is 25.5. The highest BCUT2D eigenvalue weighted by Crippen LogP contribution is 2.33. The van der Waals surface area contributed by atoms with Gasteiger partial charge in [-0.2, -0.15) is 22.8 Å². The molecule has 1 aliphatic carbocycles. The summed E-state index contributed by atoms with van der Waals surface area (Å²) in [5.74, 6) is -12.4. The van der Waals surface area contributed by atoms with E-state index in [1.807, 2.05) is 25.7 Å². The topological polar surface area (TPSA) is 129 Å². The third-order valence-corrected chi connectivity index (χ3v) is 8.02. The Balaban J connectivity index is 0.000000712. The van der Waals surface area contributed by atoms with E-state index in [0.29, 0.717) is 38.5 Å². The molecular formula is C34H48ClF8N7O2Si. The Morgan fingerprint density at radius 2 is 1.17 bits per heavy atom. The van der Waals surface area contributed by atoms with Crippen molar-refractivity contribution in [1.29, 1.82) is 10.5 Å². The zero-order valence-corrected chi connectivity index (χ0v) is 32.4. The first-order chi connectivity index (χ1) is 24.0. The van der Waals surface area contributed by atoms with Gasteiger partial charge in [-0.05, 0) is 25.7 Å². The zero-order valence-electron chi connectivity index (χ0n) is 30.5. The standard InChI is InChI=1S/C13H14F4N4.C7H6F2N2O.C6H10F2.C4H9NSi.C4H8O.ClH/c1-12(14,15)11-19-7-9(8-20-11)10(6-18)21-4-2-13(16,17)3-5-21;1-7(8,9)6-10-2-5(4-12)3-11-6;7-6(8)4-2-1-3-5-6;1-6(2,3)4-5;1-2-4-5-3-1;/h7-8,10H,2-5H2,1H3;2-4H,1H3;1-5H2;1-3H3;1-4H2;1H. The van der Waals surface area contributed by atoms with Gasteiger partial charge in [0.25, 0.3) is 5.92 Å². The lowest BCUT2D eigenvalue weighted by molar-refractivity contribution is -0.0596. The number of nitrogens with zero attached hydrogens (tertiary/aromatic N) is 7. The average molecular weight is 802 g/mol. The van der Waals surface area contributed by atoms with Gasteiger partial charge in [-0.3, -0.25) is 9.69 Å². The lowest BCUT2D eigenvalue weighted by Crippen LogP contribution is -2.41. The highest BCUT2D eigenvalue weighted by atomic mass is 35.5. The van der Waals surface area contributed by atoms with Gasteiger partial charge < -0.3 is 4.74 Å². The number of ether oxygens (including phenoxy) is 1.